The molecule has 2 fully saturated rings. The van der Waals surface area contributed by atoms with E-state index in [2.05, 4.69) is 31.0 Å². The molecule has 1 unspecified atom stereocenters. The van der Waals surface area contributed by atoms with Crippen molar-refractivity contribution in [1.82, 2.24) is 10.2 Å². The smallest absolute Gasteiger partial charge is 0.326 e. The normalized spacial score (nSPS) is 26.4. The van der Waals surface area contributed by atoms with Gasteiger partial charge in [-0.2, -0.15) is 0 Å². The Kier molecular flexibility index (Phi) is 8.88. The van der Waals surface area contributed by atoms with Crippen LogP contribution in [-0.2, 0) is 19.8 Å². The highest BCUT2D eigenvalue weighted by Crippen LogP contribution is 2.44. The number of nitrogens with zero attached hydrogens (tertiary/aromatic N) is 3. The summed E-state index contributed by atoms with van der Waals surface area (Å²) in [6.07, 6.45) is 0.668. The molecule has 4 atom stereocenters. The van der Waals surface area contributed by atoms with Crippen molar-refractivity contribution in [1.29, 1.82) is 0 Å². The van der Waals surface area contributed by atoms with Crippen molar-refractivity contribution in [2.75, 3.05) is 38.6 Å². The van der Waals surface area contributed by atoms with Crippen LogP contribution in [0.5, 0.6) is 0 Å². The van der Waals surface area contributed by atoms with Crippen molar-refractivity contribution in [3.8, 4) is 0 Å². The van der Waals surface area contributed by atoms with Gasteiger partial charge in [0.2, 0.25) is 5.91 Å². The van der Waals surface area contributed by atoms with Crippen LogP contribution in [0, 0.1) is 17.0 Å². The van der Waals surface area contributed by atoms with E-state index < -0.39 is 34.5 Å². The third-order valence-electron chi connectivity index (χ3n) is 9.21. The van der Waals surface area contributed by atoms with Crippen molar-refractivity contribution in [3.63, 3.8) is 0 Å². The van der Waals surface area contributed by atoms with E-state index in [9.17, 15) is 14.0 Å². The molecule has 10 heteroatoms. The number of likely N-dealkylation sites (N-methyl/N-ethyl adjacent to an activating group) is 2. The number of nitrogens with one attached hydrogen (secondary N) is 1. The number of quaternary nitrogens is 1. The lowest BCUT2D eigenvalue weighted by Gasteiger charge is -2.41. The van der Waals surface area contributed by atoms with Gasteiger partial charge in [-0.3, -0.25) is 19.0 Å². The Morgan fingerprint density at radius 1 is 1.05 bits per heavy atom. The first kappa shape index (κ1) is 33.0. The van der Waals surface area contributed by atoms with E-state index in [4.69, 9.17) is 11.6 Å². The van der Waals surface area contributed by atoms with Crippen LogP contribution in [0.2, 0.25) is 5.02 Å². The van der Waals surface area contributed by atoms with Crippen LogP contribution in [-0.4, -0.2) is 78.5 Å². The highest BCUT2D eigenvalue weighted by molar-refractivity contribution is 6.30. The summed E-state index contributed by atoms with van der Waals surface area (Å²) in [5, 5.41) is 3.27. The SMILES string of the molecule is CNC(=O)[C@@H]1C[C@@H](N(C(=O)C(C)(C)C)c2ccc(F)cc2F)C[N+]1(C)C(=O)[C@]1(c2ccc(Cl)cc2)CCN(C(C)(C)C)C1. The average Bonchev–Trinajstić information content (AvgIpc) is 3.53. The second kappa shape index (κ2) is 11.6. The number of rotatable bonds is 5. The largest absolute Gasteiger partial charge is 0.354 e. The zero-order valence-electron chi connectivity index (χ0n) is 26.4. The predicted molar refractivity (Wildman–Crippen MR) is 165 cm³/mol. The molecule has 2 aromatic rings. The predicted octanol–water partition coefficient (Wildman–Crippen LogP) is 5.30. The molecule has 4 rings (SSSR count). The Bertz CT molecular complexity index is 1400. The van der Waals surface area contributed by atoms with Gasteiger partial charge in [-0.1, -0.05) is 44.5 Å². The fraction of sp³-hybridized carbons (Fsp3) is 0.545. The summed E-state index contributed by atoms with van der Waals surface area (Å²) in [4.78, 5) is 46.2. The zero-order valence-corrected chi connectivity index (χ0v) is 27.2. The minimum absolute atomic E-state index is 0.0740. The van der Waals surface area contributed by atoms with Gasteiger partial charge in [-0.05, 0) is 57.0 Å². The second-order valence-corrected chi connectivity index (χ2v) is 14.7. The van der Waals surface area contributed by atoms with Gasteiger partial charge < -0.3 is 10.2 Å². The van der Waals surface area contributed by atoms with Gasteiger partial charge in [-0.25, -0.2) is 13.6 Å². The summed E-state index contributed by atoms with van der Waals surface area (Å²) in [7, 11) is 3.27. The molecule has 2 heterocycles. The number of likely N-dealkylation sites (tertiary alicyclic amines) is 2. The zero-order chi connectivity index (χ0) is 32.1. The van der Waals surface area contributed by atoms with Gasteiger partial charge in [0.1, 0.15) is 23.6 Å². The minimum atomic E-state index is -0.951. The topological polar surface area (TPSA) is 69.7 Å². The molecular formula is C33H44ClF2N4O3+. The van der Waals surface area contributed by atoms with E-state index in [1.165, 1.54) is 18.0 Å². The maximum atomic E-state index is 15.3. The molecule has 2 saturated heterocycles. The lowest BCUT2D eigenvalue weighted by molar-refractivity contribution is -0.839. The maximum Gasteiger partial charge on any atom is 0.326 e. The summed E-state index contributed by atoms with van der Waals surface area (Å²) >= 11 is 6.24. The van der Waals surface area contributed by atoms with Crippen molar-refractivity contribution in [2.24, 2.45) is 5.41 Å². The van der Waals surface area contributed by atoms with E-state index in [1.54, 1.807) is 40.0 Å². The van der Waals surface area contributed by atoms with E-state index in [0.29, 0.717) is 24.5 Å². The van der Waals surface area contributed by atoms with Gasteiger partial charge in [-0.15, -0.1) is 0 Å². The molecule has 0 aliphatic carbocycles. The molecule has 2 aliphatic rings. The van der Waals surface area contributed by atoms with Crippen LogP contribution < -0.4 is 10.2 Å². The summed E-state index contributed by atoms with van der Waals surface area (Å²) < 4.78 is 28.9. The monoisotopic (exact) mass is 617 g/mol. The Labute approximate surface area is 258 Å². The first-order chi connectivity index (χ1) is 19.8. The van der Waals surface area contributed by atoms with E-state index in [0.717, 1.165) is 17.7 Å². The standard InChI is InChI=1S/C33H43ClF2N4O3/c1-31(2,3)29(42)39(26-14-13-23(35)17-25(26)36)24-18-27(28(41)37-7)40(8,19-24)30(43)33(21-9-11-22(34)12-10-21)15-16-38(20-33)32(4,5)6/h9-14,17,24,27H,15-16,18-20H2,1-8H3/p+1/t24-,27+,33-,40?/m1/s1. The van der Waals surface area contributed by atoms with Gasteiger partial charge in [0.25, 0.3) is 5.91 Å². The molecule has 7 nitrogen and oxygen atoms in total. The molecule has 1 N–H and O–H groups in total. The van der Waals surface area contributed by atoms with Gasteiger partial charge in [0.05, 0.1) is 18.8 Å². The van der Waals surface area contributed by atoms with E-state index >= 15 is 9.18 Å². The van der Waals surface area contributed by atoms with Crippen molar-refractivity contribution in [2.45, 2.75) is 77.4 Å². The highest BCUT2D eigenvalue weighted by atomic mass is 35.5. The van der Waals surface area contributed by atoms with Crippen LogP contribution in [0.3, 0.4) is 0 Å². The molecule has 0 bridgehead atoms. The molecule has 3 amide bonds. The number of hydrogen-bond acceptors (Lipinski definition) is 4. The number of halogens is 3. The van der Waals surface area contributed by atoms with Crippen molar-refractivity contribution < 1.29 is 27.6 Å². The summed E-state index contributed by atoms with van der Waals surface area (Å²) in [5.74, 6) is -2.50. The van der Waals surface area contributed by atoms with Crippen molar-refractivity contribution in [3.05, 3.63) is 64.7 Å². The van der Waals surface area contributed by atoms with Crippen LogP contribution in [0.15, 0.2) is 42.5 Å². The minimum Gasteiger partial charge on any atom is -0.354 e. The summed E-state index contributed by atoms with van der Waals surface area (Å²) in [6.45, 7) is 12.7. The van der Waals surface area contributed by atoms with Crippen LogP contribution in [0.1, 0.15) is 59.9 Å². The number of amides is 3. The molecule has 2 aromatic carbocycles. The molecule has 2 aliphatic heterocycles. The first-order valence-corrected chi connectivity index (χ1v) is 15.1. The second-order valence-electron chi connectivity index (χ2n) is 14.2. The van der Waals surface area contributed by atoms with Gasteiger partial charge in [0, 0.05) is 48.6 Å². The summed E-state index contributed by atoms with van der Waals surface area (Å²) in [6, 6.07) is 8.87. The average molecular weight is 618 g/mol. The first-order valence-electron chi connectivity index (χ1n) is 14.8. The summed E-state index contributed by atoms with van der Waals surface area (Å²) in [5.41, 5.74) is -1.32. The van der Waals surface area contributed by atoms with E-state index in [-0.39, 0.29) is 46.4 Å². The number of benzene rings is 2. The molecule has 0 radical (unpaired) electrons. The number of hydrogen-bond donors (Lipinski definition) is 1. The van der Waals surface area contributed by atoms with E-state index in [1.807, 2.05) is 12.1 Å². The lowest BCUT2D eigenvalue weighted by atomic mass is 9.77. The quantitative estimate of drug-likeness (QED) is 0.463. The molecule has 43 heavy (non-hydrogen) atoms. The lowest BCUT2D eigenvalue weighted by Crippen LogP contribution is -2.65. The molecule has 0 aromatic heterocycles. The number of anilines is 1. The van der Waals surface area contributed by atoms with Gasteiger partial charge in [0.15, 0.2) is 6.04 Å². The van der Waals surface area contributed by atoms with Crippen LogP contribution >= 0.6 is 11.6 Å². The Morgan fingerprint density at radius 3 is 2.19 bits per heavy atom. The molecular weight excluding hydrogens is 574 g/mol. The van der Waals surface area contributed by atoms with Crippen LogP contribution in [0.4, 0.5) is 14.5 Å². The third kappa shape index (κ3) is 6.08. The maximum absolute atomic E-state index is 15.3. The van der Waals surface area contributed by atoms with Crippen LogP contribution in [0.25, 0.3) is 0 Å². The Morgan fingerprint density at radius 2 is 1.67 bits per heavy atom. The number of carbonyl (C=O) groups excluding carboxylic acids is 3. The number of carbonyl (C=O) groups is 3. The fourth-order valence-corrected chi connectivity index (χ4v) is 6.88. The van der Waals surface area contributed by atoms with Crippen molar-refractivity contribution >= 4 is 35.0 Å². The third-order valence-corrected chi connectivity index (χ3v) is 9.46. The highest BCUT2D eigenvalue weighted by Gasteiger charge is 2.63. The van der Waals surface area contributed by atoms with Gasteiger partial charge >= 0.3 is 5.91 Å². The molecule has 0 spiro atoms. The molecule has 234 valence electrons. The molecule has 0 saturated carbocycles. The Hall–Kier alpha value is -2.88. The Balaban J connectivity index is 1.86. The fourth-order valence-electron chi connectivity index (χ4n) is 6.76.